The minimum absolute atomic E-state index is 0.116. The summed E-state index contributed by atoms with van der Waals surface area (Å²) < 4.78 is 0. The SMILES string of the molecule is Cc1ccccc1N1C(=O)/C(=C\c2ccc(N3CCCCC3)cc2)NC1=S. The molecule has 27 heavy (non-hydrogen) atoms. The number of hydrogen-bond donors (Lipinski definition) is 1. The van der Waals surface area contributed by atoms with Crippen LogP contribution in [0.1, 0.15) is 30.4 Å². The molecule has 0 atom stereocenters. The zero-order valence-corrected chi connectivity index (χ0v) is 16.3. The van der Waals surface area contributed by atoms with E-state index in [9.17, 15) is 4.79 Å². The minimum Gasteiger partial charge on any atom is -0.372 e. The van der Waals surface area contributed by atoms with Crippen molar-refractivity contribution in [3.8, 4) is 0 Å². The Bertz CT molecular complexity index is 898. The normalized spacial score (nSPS) is 18.9. The van der Waals surface area contributed by atoms with Gasteiger partial charge in [0.25, 0.3) is 5.91 Å². The molecule has 1 N–H and O–H groups in total. The second kappa shape index (κ2) is 7.53. The van der Waals surface area contributed by atoms with Crippen LogP contribution < -0.4 is 15.1 Å². The standard InChI is InChI=1S/C22H23N3OS/c1-16-7-3-4-8-20(16)25-21(26)19(23-22(25)27)15-17-9-11-18(12-10-17)24-13-5-2-6-14-24/h3-4,7-12,15H,2,5-6,13-14H2,1H3,(H,23,27)/b19-15+. The van der Waals surface area contributed by atoms with Gasteiger partial charge >= 0.3 is 0 Å². The van der Waals surface area contributed by atoms with Crippen molar-refractivity contribution in [2.75, 3.05) is 22.9 Å². The molecule has 5 heteroatoms. The van der Waals surface area contributed by atoms with Gasteiger partial charge in [-0.05, 0) is 73.8 Å². The Morgan fingerprint density at radius 1 is 1.00 bits per heavy atom. The van der Waals surface area contributed by atoms with Gasteiger partial charge in [0, 0.05) is 18.8 Å². The summed E-state index contributed by atoms with van der Waals surface area (Å²) in [7, 11) is 0. The van der Waals surface area contributed by atoms with Gasteiger partial charge in [-0.2, -0.15) is 0 Å². The Kier molecular flexibility index (Phi) is 4.94. The molecule has 2 fully saturated rings. The van der Waals surface area contributed by atoms with E-state index in [1.54, 1.807) is 4.90 Å². The van der Waals surface area contributed by atoms with E-state index in [1.165, 1.54) is 24.9 Å². The molecule has 0 bridgehead atoms. The second-order valence-corrected chi connectivity index (χ2v) is 7.44. The Balaban J connectivity index is 1.55. The van der Waals surface area contributed by atoms with Gasteiger partial charge in [-0.3, -0.25) is 9.69 Å². The maximum absolute atomic E-state index is 12.9. The zero-order chi connectivity index (χ0) is 18.8. The van der Waals surface area contributed by atoms with Crippen molar-refractivity contribution in [2.45, 2.75) is 26.2 Å². The number of anilines is 2. The lowest BCUT2D eigenvalue weighted by molar-refractivity contribution is -0.113. The van der Waals surface area contributed by atoms with E-state index in [1.807, 2.05) is 37.3 Å². The zero-order valence-electron chi connectivity index (χ0n) is 15.4. The Morgan fingerprint density at radius 2 is 1.70 bits per heavy atom. The molecule has 138 valence electrons. The van der Waals surface area contributed by atoms with Crippen LogP contribution >= 0.6 is 12.2 Å². The molecule has 2 aromatic carbocycles. The number of carbonyl (C=O) groups excluding carboxylic acids is 1. The summed E-state index contributed by atoms with van der Waals surface area (Å²) in [5.74, 6) is -0.116. The van der Waals surface area contributed by atoms with Gasteiger partial charge in [-0.1, -0.05) is 30.3 Å². The topological polar surface area (TPSA) is 35.6 Å². The van der Waals surface area contributed by atoms with Crippen LogP contribution in [0.4, 0.5) is 11.4 Å². The highest BCUT2D eigenvalue weighted by Crippen LogP contribution is 2.26. The van der Waals surface area contributed by atoms with Crippen LogP contribution in [-0.2, 0) is 4.79 Å². The first-order valence-corrected chi connectivity index (χ1v) is 9.82. The van der Waals surface area contributed by atoms with E-state index in [4.69, 9.17) is 12.2 Å². The molecule has 2 aliphatic rings. The first-order chi connectivity index (χ1) is 13.1. The number of nitrogens with zero attached hydrogens (tertiary/aromatic N) is 2. The number of para-hydroxylation sites is 1. The number of hydrogen-bond acceptors (Lipinski definition) is 3. The fourth-order valence-corrected chi connectivity index (χ4v) is 3.96. The van der Waals surface area contributed by atoms with Crippen LogP contribution in [-0.4, -0.2) is 24.1 Å². The van der Waals surface area contributed by atoms with Crippen LogP contribution in [0.15, 0.2) is 54.2 Å². The highest BCUT2D eigenvalue weighted by molar-refractivity contribution is 7.80. The van der Waals surface area contributed by atoms with E-state index >= 15 is 0 Å². The molecule has 0 aliphatic carbocycles. The lowest BCUT2D eigenvalue weighted by Crippen LogP contribution is -2.30. The van der Waals surface area contributed by atoms with Crippen LogP contribution in [0.5, 0.6) is 0 Å². The molecule has 0 aromatic heterocycles. The molecule has 0 radical (unpaired) electrons. The van der Waals surface area contributed by atoms with Crippen LogP contribution in [0, 0.1) is 6.92 Å². The number of benzene rings is 2. The average molecular weight is 378 g/mol. The van der Waals surface area contributed by atoms with Gasteiger partial charge in [-0.25, -0.2) is 0 Å². The smallest absolute Gasteiger partial charge is 0.281 e. The quantitative estimate of drug-likeness (QED) is 0.641. The van der Waals surface area contributed by atoms with Crippen molar-refractivity contribution >= 4 is 40.7 Å². The van der Waals surface area contributed by atoms with E-state index < -0.39 is 0 Å². The summed E-state index contributed by atoms with van der Waals surface area (Å²) in [6.45, 7) is 4.23. The van der Waals surface area contributed by atoms with E-state index in [0.29, 0.717) is 10.8 Å². The van der Waals surface area contributed by atoms with Crippen molar-refractivity contribution in [2.24, 2.45) is 0 Å². The fourth-order valence-electron chi connectivity index (χ4n) is 3.67. The van der Waals surface area contributed by atoms with Crippen LogP contribution in [0.25, 0.3) is 6.08 Å². The first-order valence-electron chi connectivity index (χ1n) is 9.41. The first kappa shape index (κ1) is 17.7. The summed E-state index contributed by atoms with van der Waals surface area (Å²) in [5, 5.41) is 3.49. The van der Waals surface area contributed by atoms with Crippen molar-refractivity contribution in [1.82, 2.24) is 5.32 Å². The number of piperidine rings is 1. The summed E-state index contributed by atoms with van der Waals surface area (Å²) in [6, 6.07) is 16.2. The molecule has 1 amide bonds. The number of amides is 1. The Hall–Kier alpha value is -2.66. The fraction of sp³-hybridized carbons (Fsp3) is 0.273. The minimum atomic E-state index is -0.116. The van der Waals surface area contributed by atoms with E-state index in [-0.39, 0.29) is 5.91 Å². The predicted octanol–water partition coefficient (Wildman–Crippen LogP) is 4.25. The highest BCUT2D eigenvalue weighted by Gasteiger charge is 2.32. The van der Waals surface area contributed by atoms with Crippen molar-refractivity contribution < 1.29 is 4.79 Å². The monoisotopic (exact) mass is 377 g/mol. The van der Waals surface area contributed by atoms with Gasteiger partial charge < -0.3 is 10.2 Å². The number of nitrogens with one attached hydrogen (secondary N) is 1. The van der Waals surface area contributed by atoms with Gasteiger partial charge in [0.15, 0.2) is 5.11 Å². The molecular weight excluding hydrogens is 354 g/mol. The molecular formula is C22H23N3OS. The predicted molar refractivity (Wildman–Crippen MR) is 115 cm³/mol. The average Bonchev–Trinajstić information content (AvgIpc) is 2.97. The molecule has 4 rings (SSSR count). The molecule has 2 heterocycles. The van der Waals surface area contributed by atoms with Gasteiger partial charge in [0.2, 0.25) is 0 Å². The number of rotatable bonds is 3. The largest absolute Gasteiger partial charge is 0.372 e. The summed E-state index contributed by atoms with van der Waals surface area (Å²) in [4.78, 5) is 16.9. The molecule has 2 saturated heterocycles. The molecule has 4 nitrogen and oxygen atoms in total. The lowest BCUT2D eigenvalue weighted by Gasteiger charge is -2.28. The van der Waals surface area contributed by atoms with Crippen LogP contribution in [0.3, 0.4) is 0 Å². The van der Waals surface area contributed by atoms with Gasteiger partial charge in [-0.15, -0.1) is 0 Å². The third kappa shape index (κ3) is 3.60. The third-order valence-electron chi connectivity index (χ3n) is 5.16. The maximum Gasteiger partial charge on any atom is 0.281 e. The Morgan fingerprint density at radius 3 is 2.41 bits per heavy atom. The number of carbonyl (C=O) groups is 1. The highest BCUT2D eigenvalue weighted by atomic mass is 32.1. The van der Waals surface area contributed by atoms with Gasteiger partial charge in [0.05, 0.1) is 5.69 Å². The Labute approximate surface area is 165 Å². The second-order valence-electron chi connectivity index (χ2n) is 7.05. The third-order valence-corrected chi connectivity index (χ3v) is 5.44. The molecule has 2 aromatic rings. The molecule has 2 aliphatic heterocycles. The van der Waals surface area contributed by atoms with Crippen LogP contribution in [0.2, 0.25) is 0 Å². The van der Waals surface area contributed by atoms with E-state index in [2.05, 4.69) is 34.5 Å². The van der Waals surface area contributed by atoms with Crippen molar-refractivity contribution in [3.05, 3.63) is 65.4 Å². The number of thiocarbonyl (C=S) groups is 1. The summed E-state index contributed by atoms with van der Waals surface area (Å²) >= 11 is 5.41. The lowest BCUT2D eigenvalue weighted by atomic mass is 10.1. The van der Waals surface area contributed by atoms with Gasteiger partial charge in [0.1, 0.15) is 5.70 Å². The van der Waals surface area contributed by atoms with E-state index in [0.717, 1.165) is 29.9 Å². The van der Waals surface area contributed by atoms with Crippen molar-refractivity contribution in [3.63, 3.8) is 0 Å². The summed E-state index contributed by atoms with van der Waals surface area (Å²) in [5.41, 5.74) is 4.58. The molecule has 0 spiro atoms. The maximum atomic E-state index is 12.9. The summed E-state index contributed by atoms with van der Waals surface area (Å²) in [6.07, 6.45) is 5.71. The molecule has 0 saturated carbocycles. The number of aryl methyl sites for hydroxylation is 1. The molecule has 0 unspecified atom stereocenters. The van der Waals surface area contributed by atoms with Crippen molar-refractivity contribution in [1.29, 1.82) is 0 Å².